The average molecular weight is 368 g/mol. The first kappa shape index (κ1) is 18.7. The number of ketones is 1. The van der Waals surface area contributed by atoms with E-state index in [9.17, 15) is 14.4 Å². The monoisotopic (exact) mass is 368 g/mol. The molecule has 27 heavy (non-hydrogen) atoms. The van der Waals surface area contributed by atoms with Crippen molar-refractivity contribution < 1.29 is 14.4 Å². The van der Waals surface area contributed by atoms with Crippen LogP contribution < -0.4 is 15.5 Å². The second kappa shape index (κ2) is 7.65. The van der Waals surface area contributed by atoms with E-state index in [4.69, 9.17) is 0 Å². The minimum atomic E-state index is -0.294. The molecule has 1 aromatic heterocycles. The molecule has 2 aromatic rings. The van der Waals surface area contributed by atoms with Crippen LogP contribution in [0.4, 0.5) is 16.2 Å². The van der Waals surface area contributed by atoms with Gasteiger partial charge in [-0.25, -0.2) is 4.79 Å². The van der Waals surface area contributed by atoms with Crippen LogP contribution in [-0.4, -0.2) is 35.8 Å². The van der Waals surface area contributed by atoms with Gasteiger partial charge in [-0.15, -0.1) is 0 Å². The number of urea groups is 1. The van der Waals surface area contributed by atoms with Crippen molar-refractivity contribution in [2.75, 3.05) is 23.3 Å². The highest BCUT2D eigenvalue weighted by molar-refractivity contribution is 6.08. The van der Waals surface area contributed by atoms with Crippen molar-refractivity contribution in [3.05, 3.63) is 46.8 Å². The van der Waals surface area contributed by atoms with Gasteiger partial charge in [-0.2, -0.15) is 0 Å². The van der Waals surface area contributed by atoms with E-state index in [1.165, 1.54) is 6.92 Å². The van der Waals surface area contributed by atoms with Crippen LogP contribution in [0.25, 0.3) is 0 Å². The molecule has 3 rings (SSSR count). The fourth-order valence-electron chi connectivity index (χ4n) is 3.51. The number of aromatic amines is 1. The molecule has 1 fully saturated rings. The first-order chi connectivity index (χ1) is 12.9. The summed E-state index contributed by atoms with van der Waals surface area (Å²) >= 11 is 0. The molecule has 3 N–H and O–H groups in total. The summed E-state index contributed by atoms with van der Waals surface area (Å²) in [6.45, 7) is 6.53. The van der Waals surface area contributed by atoms with E-state index in [0.717, 1.165) is 17.7 Å². The molecule has 0 atom stereocenters. The zero-order valence-corrected chi connectivity index (χ0v) is 15.8. The van der Waals surface area contributed by atoms with Crippen molar-refractivity contribution in [3.8, 4) is 0 Å². The summed E-state index contributed by atoms with van der Waals surface area (Å²) in [5.74, 6) is -0.342. The van der Waals surface area contributed by atoms with E-state index >= 15 is 0 Å². The molecule has 7 nitrogen and oxygen atoms in total. The zero-order chi connectivity index (χ0) is 19.6. The maximum Gasteiger partial charge on any atom is 0.321 e. The zero-order valence-electron chi connectivity index (χ0n) is 15.8. The molecule has 0 aliphatic carbocycles. The molecule has 0 unspecified atom stereocenters. The number of anilines is 2. The lowest BCUT2D eigenvalue weighted by atomic mass is 10.0. The van der Waals surface area contributed by atoms with Crippen LogP contribution in [0.3, 0.4) is 0 Å². The van der Waals surface area contributed by atoms with Gasteiger partial charge in [0, 0.05) is 35.7 Å². The number of carbonyl (C=O) groups excluding carboxylic acids is 3. The number of H-pyrrole nitrogens is 1. The molecule has 2 heterocycles. The molecule has 1 aliphatic heterocycles. The van der Waals surface area contributed by atoms with E-state index in [1.54, 1.807) is 30.0 Å². The van der Waals surface area contributed by atoms with Gasteiger partial charge in [0.15, 0.2) is 5.78 Å². The third-order valence-electron chi connectivity index (χ3n) is 4.64. The predicted octanol–water partition coefficient (Wildman–Crippen LogP) is 3.26. The lowest BCUT2D eigenvalue weighted by Crippen LogP contribution is -2.27. The number of hydrogen-bond acceptors (Lipinski definition) is 3. The normalized spacial score (nSPS) is 13.6. The van der Waals surface area contributed by atoms with Gasteiger partial charge in [0.05, 0.1) is 0 Å². The lowest BCUT2D eigenvalue weighted by molar-refractivity contribution is 0.101. The molecule has 0 bridgehead atoms. The van der Waals surface area contributed by atoms with Crippen LogP contribution in [-0.2, 0) is 6.42 Å². The average Bonchev–Trinajstić information content (AvgIpc) is 3.19. The Morgan fingerprint density at radius 1 is 1.30 bits per heavy atom. The van der Waals surface area contributed by atoms with Crippen LogP contribution in [0.5, 0.6) is 0 Å². The smallest absolute Gasteiger partial charge is 0.321 e. The fourth-order valence-corrected chi connectivity index (χ4v) is 3.51. The molecule has 7 heteroatoms. The highest BCUT2D eigenvalue weighted by atomic mass is 16.2. The number of hydrogen-bond donors (Lipinski definition) is 3. The Bertz CT molecular complexity index is 901. The number of carbonyl (C=O) groups is 3. The number of Topliss-reactive ketones (excluding diaryl/α,β-unsaturated/α-hetero) is 1. The Hall–Kier alpha value is -3.09. The maximum atomic E-state index is 12.8. The van der Waals surface area contributed by atoms with E-state index in [2.05, 4.69) is 15.6 Å². The second-order valence-corrected chi connectivity index (χ2v) is 6.67. The quantitative estimate of drug-likeness (QED) is 0.683. The molecule has 3 amide bonds. The van der Waals surface area contributed by atoms with Gasteiger partial charge < -0.3 is 15.6 Å². The molecular formula is C20H24N4O3. The number of aryl methyl sites for hydroxylation is 1. The van der Waals surface area contributed by atoms with Crippen LogP contribution in [0.2, 0.25) is 0 Å². The fraction of sp³-hybridized carbons (Fsp3) is 0.350. The third-order valence-corrected chi connectivity index (χ3v) is 4.64. The van der Waals surface area contributed by atoms with Crippen LogP contribution >= 0.6 is 0 Å². The van der Waals surface area contributed by atoms with Gasteiger partial charge in [-0.3, -0.25) is 14.5 Å². The van der Waals surface area contributed by atoms with E-state index in [0.29, 0.717) is 42.1 Å². The Kier molecular flexibility index (Phi) is 5.30. The summed E-state index contributed by atoms with van der Waals surface area (Å²) in [6.07, 6.45) is 1.48. The van der Waals surface area contributed by atoms with Crippen LogP contribution in [0.15, 0.2) is 24.3 Å². The molecule has 142 valence electrons. The Morgan fingerprint density at radius 3 is 2.70 bits per heavy atom. The van der Waals surface area contributed by atoms with Gasteiger partial charge in [0.1, 0.15) is 5.69 Å². The topological polar surface area (TPSA) is 94.3 Å². The first-order valence-corrected chi connectivity index (χ1v) is 9.11. The van der Waals surface area contributed by atoms with Crippen LogP contribution in [0, 0.1) is 6.92 Å². The van der Waals surface area contributed by atoms with E-state index in [-0.39, 0.29) is 17.7 Å². The number of aromatic nitrogens is 1. The number of benzene rings is 1. The van der Waals surface area contributed by atoms with Crippen molar-refractivity contribution >= 4 is 29.1 Å². The minimum absolute atomic E-state index is 0.0479. The molecule has 1 aromatic carbocycles. The molecular weight excluding hydrogens is 344 g/mol. The number of rotatable bonds is 6. The maximum absolute atomic E-state index is 12.8. The largest absolute Gasteiger partial charge is 0.354 e. The lowest BCUT2D eigenvalue weighted by Gasteiger charge is -2.15. The highest BCUT2D eigenvalue weighted by Crippen LogP contribution is 2.24. The summed E-state index contributed by atoms with van der Waals surface area (Å²) in [7, 11) is 0. The predicted molar refractivity (Wildman–Crippen MR) is 105 cm³/mol. The molecule has 0 radical (unpaired) electrons. The van der Waals surface area contributed by atoms with Gasteiger partial charge in [-0.05, 0) is 44.0 Å². The van der Waals surface area contributed by atoms with Crippen molar-refractivity contribution in [2.24, 2.45) is 0 Å². The summed E-state index contributed by atoms with van der Waals surface area (Å²) in [5, 5.41) is 5.63. The first-order valence-electron chi connectivity index (χ1n) is 9.11. The van der Waals surface area contributed by atoms with Crippen molar-refractivity contribution in [1.29, 1.82) is 0 Å². The van der Waals surface area contributed by atoms with Gasteiger partial charge in [-0.1, -0.05) is 19.4 Å². The summed E-state index contributed by atoms with van der Waals surface area (Å²) < 4.78 is 0. The summed E-state index contributed by atoms with van der Waals surface area (Å²) in [4.78, 5) is 41.4. The van der Waals surface area contributed by atoms with Gasteiger partial charge in [0.2, 0.25) is 0 Å². The molecule has 1 saturated heterocycles. The van der Waals surface area contributed by atoms with E-state index < -0.39 is 0 Å². The Balaban J connectivity index is 1.87. The third kappa shape index (κ3) is 3.72. The molecule has 1 aliphatic rings. The van der Waals surface area contributed by atoms with Crippen molar-refractivity contribution in [1.82, 2.24) is 10.3 Å². The van der Waals surface area contributed by atoms with Crippen molar-refractivity contribution in [3.63, 3.8) is 0 Å². The summed E-state index contributed by atoms with van der Waals surface area (Å²) in [6, 6.07) is 7.02. The Morgan fingerprint density at radius 2 is 2.07 bits per heavy atom. The number of nitrogens with zero attached hydrogens (tertiary/aromatic N) is 1. The highest BCUT2D eigenvalue weighted by Gasteiger charge is 2.23. The second-order valence-electron chi connectivity index (χ2n) is 6.67. The molecule has 0 spiro atoms. The molecule has 0 saturated carbocycles. The van der Waals surface area contributed by atoms with Gasteiger partial charge in [0.25, 0.3) is 5.91 Å². The van der Waals surface area contributed by atoms with E-state index in [1.807, 2.05) is 13.0 Å². The standard InChI is InChI=1S/C20H24N4O3/c1-4-6-16-17(13(3)25)12(2)22-18(16)19(26)23-14-7-5-8-15(11-14)24-10-9-21-20(24)27/h5,7-8,11,22H,4,6,9-10H2,1-3H3,(H,21,27)(H,23,26). The number of nitrogens with one attached hydrogen (secondary N) is 3. The van der Waals surface area contributed by atoms with Gasteiger partial charge >= 0.3 is 6.03 Å². The number of amides is 3. The SMILES string of the molecule is CCCc1c(C(=O)Nc2cccc(N3CCNC3=O)c2)[nH]c(C)c1C(C)=O. The van der Waals surface area contributed by atoms with Crippen molar-refractivity contribution in [2.45, 2.75) is 33.6 Å². The van der Waals surface area contributed by atoms with Crippen LogP contribution in [0.1, 0.15) is 52.4 Å². The minimum Gasteiger partial charge on any atom is -0.354 e. The Labute approximate surface area is 158 Å². The summed E-state index contributed by atoms with van der Waals surface area (Å²) in [5.41, 5.74) is 3.81.